The maximum atomic E-state index is 3.75. The molecule has 2 rings (SSSR count). The number of hydrogen-bond acceptors (Lipinski definition) is 2. The van der Waals surface area contributed by atoms with Gasteiger partial charge in [-0.2, -0.15) is 11.8 Å². The first-order chi connectivity index (χ1) is 6.36. The molecule has 1 aliphatic heterocycles. The molecule has 1 saturated heterocycles. The van der Waals surface area contributed by atoms with Crippen molar-refractivity contribution in [1.82, 2.24) is 5.32 Å². The Balaban J connectivity index is 1.66. The van der Waals surface area contributed by atoms with E-state index >= 15 is 0 Å². The average Bonchev–Trinajstić information content (AvgIpc) is 2.72. The van der Waals surface area contributed by atoms with Gasteiger partial charge in [0, 0.05) is 11.3 Å². The summed E-state index contributed by atoms with van der Waals surface area (Å²) in [6.45, 7) is 3.65. The smallest absolute Gasteiger partial charge is 0.0191 e. The van der Waals surface area contributed by atoms with E-state index in [2.05, 4.69) is 24.0 Å². The molecule has 0 aromatic rings. The highest BCUT2D eigenvalue weighted by Crippen LogP contribution is 2.28. The van der Waals surface area contributed by atoms with E-state index in [-0.39, 0.29) is 0 Å². The summed E-state index contributed by atoms with van der Waals surface area (Å²) < 4.78 is 0. The first kappa shape index (κ1) is 9.85. The third-order valence-corrected chi connectivity index (χ3v) is 4.85. The van der Waals surface area contributed by atoms with Gasteiger partial charge in [-0.1, -0.05) is 19.8 Å². The van der Waals surface area contributed by atoms with Gasteiger partial charge in [-0.3, -0.25) is 0 Å². The molecule has 0 bridgehead atoms. The summed E-state index contributed by atoms with van der Waals surface area (Å²) in [5.74, 6) is 2.36. The molecule has 13 heavy (non-hydrogen) atoms. The molecule has 1 nitrogen and oxygen atoms in total. The fourth-order valence-corrected chi connectivity index (χ4v) is 3.76. The molecule has 2 unspecified atom stereocenters. The number of hydrogen-bond donors (Lipinski definition) is 1. The van der Waals surface area contributed by atoms with Gasteiger partial charge in [0.05, 0.1) is 0 Å². The van der Waals surface area contributed by atoms with E-state index in [0.717, 1.165) is 17.2 Å². The van der Waals surface area contributed by atoms with Gasteiger partial charge in [0.25, 0.3) is 0 Å². The van der Waals surface area contributed by atoms with Crippen LogP contribution in [-0.4, -0.2) is 23.6 Å². The second-order valence-corrected chi connectivity index (χ2v) is 6.01. The third-order valence-electron chi connectivity index (χ3n) is 3.52. The second-order valence-electron chi connectivity index (χ2n) is 4.53. The summed E-state index contributed by atoms with van der Waals surface area (Å²) in [6, 6.07) is 0.811. The second kappa shape index (κ2) is 4.70. The molecule has 0 spiro atoms. The Morgan fingerprint density at radius 2 is 2.00 bits per heavy atom. The van der Waals surface area contributed by atoms with Crippen molar-refractivity contribution in [3.63, 3.8) is 0 Å². The molecule has 2 aliphatic rings. The fourth-order valence-electron chi connectivity index (χ4n) is 2.53. The van der Waals surface area contributed by atoms with E-state index in [0.29, 0.717) is 0 Å². The Morgan fingerprint density at radius 3 is 2.62 bits per heavy atom. The zero-order valence-corrected chi connectivity index (χ0v) is 9.41. The Labute approximate surface area is 86.0 Å². The van der Waals surface area contributed by atoms with Crippen LogP contribution >= 0.6 is 11.8 Å². The Kier molecular flexibility index (Phi) is 3.56. The van der Waals surface area contributed by atoms with Gasteiger partial charge in [0.2, 0.25) is 0 Å². The number of thioether (sulfide) groups is 1. The van der Waals surface area contributed by atoms with Crippen molar-refractivity contribution in [2.75, 3.05) is 12.3 Å². The monoisotopic (exact) mass is 199 g/mol. The van der Waals surface area contributed by atoms with Gasteiger partial charge in [-0.05, 0) is 37.5 Å². The van der Waals surface area contributed by atoms with Gasteiger partial charge in [-0.15, -0.1) is 0 Å². The van der Waals surface area contributed by atoms with E-state index in [1.54, 1.807) is 0 Å². The Bertz CT molecular complexity index is 154. The molecule has 76 valence electrons. The highest BCUT2D eigenvalue weighted by Gasteiger charge is 2.24. The predicted molar refractivity (Wildman–Crippen MR) is 60.3 cm³/mol. The van der Waals surface area contributed by atoms with Crippen LogP contribution < -0.4 is 5.32 Å². The lowest BCUT2D eigenvalue weighted by Gasteiger charge is -2.19. The van der Waals surface area contributed by atoms with Crippen LogP contribution in [0.1, 0.15) is 39.0 Å². The predicted octanol–water partition coefficient (Wildman–Crippen LogP) is 2.66. The summed E-state index contributed by atoms with van der Waals surface area (Å²) in [7, 11) is 0. The van der Waals surface area contributed by atoms with Crippen molar-refractivity contribution >= 4 is 11.8 Å². The van der Waals surface area contributed by atoms with E-state index in [9.17, 15) is 0 Å². The van der Waals surface area contributed by atoms with Crippen molar-refractivity contribution in [3.8, 4) is 0 Å². The van der Waals surface area contributed by atoms with Crippen molar-refractivity contribution in [2.45, 2.75) is 50.3 Å². The summed E-state index contributed by atoms with van der Waals surface area (Å²) in [5.41, 5.74) is 0. The van der Waals surface area contributed by atoms with Crippen LogP contribution in [0, 0.1) is 5.92 Å². The standard InChI is InChI=1S/C11H21NS/c1-9-11(6-7-13-9)12-8-10-4-2-3-5-10/h9-12H,2-8H2,1H3. The van der Waals surface area contributed by atoms with Crippen LogP contribution in [0.4, 0.5) is 0 Å². The lowest BCUT2D eigenvalue weighted by atomic mass is 10.1. The molecule has 0 amide bonds. The van der Waals surface area contributed by atoms with Crippen LogP contribution in [0.25, 0.3) is 0 Å². The third kappa shape index (κ3) is 2.63. The number of nitrogens with one attached hydrogen (secondary N) is 1. The summed E-state index contributed by atoms with van der Waals surface area (Å²) in [4.78, 5) is 0. The first-order valence-electron chi connectivity index (χ1n) is 5.71. The average molecular weight is 199 g/mol. The molecule has 2 fully saturated rings. The Morgan fingerprint density at radius 1 is 1.23 bits per heavy atom. The lowest BCUT2D eigenvalue weighted by molar-refractivity contribution is 0.430. The van der Waals surface area contributed by atoms with Crippen molar-refractivity contribution < 1.29 is 0 Å². The van der Waals surface area contributed by atoms with E-state index in [4.69, 9.17) is 0 Å². The van der Waals surface area contributed by atoms with Crippen LogP contribution in [-0.2, 0) is 0 Å². The van der Waals surface area contributed by atoms with E-state index in [1.165, 1.54) is 44.4 Å². The molecule has 1 heterocycles. The molecule has 0 aromatic heterocycles. The van der Waals surface area contributed by atoms with Crippen LogP contribution in [0.15, 0.2) is 0 Å². The molecular weight excluding hydrogens is 178 g/mol. The molecule has 1 saturated carbocycles. The van der Waals surface area contributed by atoms with E-state index < -0.39 is 0 Å². The largest absolute Gasteiger partial charge is 0.313 e. The van der Waals surface area contributed by atoms with Crippen molar-refractivity contribution in [3.05, 3.63) is 0 Å². The highest BCUT2D eigenvalue weighted by molar-refractivity contribution is 8.00. The number of rotatable bonds is 3. The van der Waals surface area contributed by atoms with Crippen LogP contribution in [0.2, 0.25) is 0 Å². The molecule has 1 N–H and O–H groups in total. The molecule has 2 atom stereocenters. The normalized spacial score (nSPS) is 35.8. The van der Waals surface area contributed by atoms with Gasteiger partial charge < -0.3 is 5.32 Å². The van der Waals surface area contributed by atoms with Gasteiger partial charge in [-0.25, -0.2) is 0 Å². The zero-order chi connectivity index (χ0) is 9.10. The topological polar surface area (TPSA) is 12.0 Å². The molecule has 0 radical (unpaired) electrons. The van der Waals surface area contributed by atoms with Crippen LogP contribution in [0.5, 0.6) is 0 Å². The van der Waals surface area contributed by atoms with Gasteiger partial charge >= 0.3 is 0 Å². The summed E-state index contributed by atoms with van der Waals surface area (Å²) in [5, 5.41) is 4.60. The molecule has 1 aliphatic carbocycles. The minimum atomic E-state index is 0.811. The highest BCUT2D eigenvalue weighted by atomic mass is 32.2. The molecular formula is C11H21NS. The van der Waals surface area contributed by atoms with Crippen molar-refractivity contribution in [2.24, 2.45) is 5.92 Å². The van der Waals surface area contributed by atoms with E-state index in [1.807, 2.05) is 0 Å². The molecule has 0 aromatic carbocycles. The quantitative estimate of drug-likeness (QED) is 0.750. The Hall–Kier alpha value is 0.310. The maximum absolute atomic E-state index is 3.75. The SMILES string of the molecule is CC1SCCC1NCC1CCCC1. The lowest BCUT2D eigenvalue weighted by Crippen LogP contribution is -2.36. The summed E-state index contributed by atoms with van der Waals surface area (Å²) in [6.07, 6.45) is 7.28. The van der Waals surface area contributed by atoms with Crippen molar-refractivity contribution in [1.29, 1.82) is 0 Å². The minimum absolute atomic E-state index is 0.811. The van der Waals surface area contributed by atoms with Gasteiger partial charge in [0.1, 0.15) is 0 Å². The fraction of sp³-hybridized carbons (Fsp3) is 1.00. The minimum Gasteiger partial charge on any atom is -0.313 e. The summed E-state index contributed by atoms with van der Waals surface area (Å²) >= 11 is 2.13. The first-order valence-corrected chi connectivity index (χ1v) is 6.76. The zero-order valence-electron chi connectivity index (χ0n) is 8.59. The maximum Gasteiger partial charge on any atom is 0.0191 e. The molecule has 2 heteroatoms. The van der Waals surface area contributed by atoms with Gasteiger partial charge in [0.15, 0.2) is 0 Å². The van der Waals surface area contributed by atoms with Crippen LogP contribution in [0.3, 0.4) is 0 Å².